The molecule has 37 heavy (non-hydrogen) atoms. The number of unbranched alkanes of at least 4 members (excludes halogenated alkanes) is 1. The van der Waals surface area contributed by atoms with Crippen molar-refractivity contribution in [3.63, 3.8) is 0 Å². The summed E-state index contributed by atoms with van der Waals surface area (Å²) in [6, 6.07) is 4.09. The second-order valence-corrected chi connectivity index (χ2v) is 9.01. The second-order valence-electron chi connectivity index (χ2n) is 9.01. The monoisotopic (exact) mass is 521 g/mol. The van der Waals surface area contributed by atoms with E-state index in [1.54, 1.807) is 38.1 Å². The Balaban J connectivity index is 2.96. The van der Waals surface area contributed by atoms with Crippen LogP contribution in [0.3, 0.4) is 0 Å². The summed E-state index contributed by atoms with van der Waals surface area (Å²) in [6.07, 6.45) is 1.14. The Kier molecular flexibility index (Phi) is 13.9. The molecular formula is C25H39N5O7. The molecule has 1 aromatic rings. The zero-order valence-electron chi connectivity index (χ0n) is 21.3. The van der Waals surface area contributed by atoms with E-state index in [9.17, 15) is 34.2 Å². The van der Waals surface area contributed by atoms with Crippen LogP contribution >= 0.6 is 0 Å². The second kappa shape index (κ2) is 16.3. The van der Waals surface area contributed by atoms with E-state index < -0.39 is 66.2 Å². The topological polar surface area (TPSA) is 214 Å². The van der Waals surface area contributed by atoms with Crippen molar-refractivity contribution < 1.29 is 34.2 Å². The molecule has 0 fully saturated rings. The minimum absolute atomic E-state index is 0.163. The fraction of sp³-hybridized carbons (Fsp3) is 0.560. The minimum Gasteiger partial charge on any atom is -0.481 e. The molecule has 0 aliphatic rings. The van der Waals surface area contributed by atoms with E-state index >= 15 is 0 Å². The summed E-state index contributed by atoms with van der Waals surface area (Å²) in [7, 11) is 0. The van der Waals surface area contributed by atoms with Crippen molar-refractivity contribution in [2.75, 3.05) is 6.54 Å². The van der Waals surface area contributed by atoms with Gasteiger partial charge in [0.05, 0.1) is 12.5 Å². The number of nitrogens with one attached hydrogen (secondary N) is 3. The van der Waals surface area contributed by atoms with Crippen LogP contribution in [0.2, 0.25) is 0 Å². The Labute approximate surface area is 216 Å². The lowest BCUT2D eigenvalue weighted by Gasteiger charge is -2.27. The third kappa shape index (κ3) is 11.4. The SMILES string of the molecule is CCC(C)C(NC(=O)C(CC(=O)O)NC(=O)C(N)Cc1ccccc1)C(=O)NC(CCCCN)C(=O)O. The van der Waals surface area contributed by atoms with E-state index in [1.807, 2.05) is 6.07 Å². The molecule has 3 amide bonds. The van der Waals surface area contributed by atoms with Crippen LogP contribution in [0.4, 0.5) is 0 Å². The highest BCUT2D eigenvalue weighted by Gasteiger charge is 2.33. The van der Waals surface area contributed by atoms with Gasteiger partial charge in [-0.25, -0.2) is 4.79 Å². The molecule has 0 saturated carbocycles. The molecule has 0 aliphatic carbocycles. The van der Waals surface area contributed by atoms with Gasteiger partial charge in [0.1, 0.15) is 18.1 Å². The van der Waals surface area contributed by atoms with Crippen LogP contribution in [0, 0.1) is 5.92 Å². The average Bonchev–Trinajstić information content (AvgIpc) is 2.85. The molecule has 12 nitrogen and oxygen atoms in total. The van der Waals surface area contributed by atoms with Crippen molar-refractivity contribution >= 4 is 29.7 Å². The maximum atomic E-state index is 13.0. The molecular weight excluding hydrogens is 482 g/mol. The average molecular weight is 522 g/mol. The van der Waals surface area contributed by atoms with Gasteiger partial charge in [-0.1, -0.05) is 50.6 Å². The number of rotatable bonds is 17. The molecule has 0 radical (unpaired) electrons. The number of nitrogens with two attached hydrogens (primary N) is 2. The maximum absolute atomic E-state index is 13.0. The van der Waals surface area contributed by atoms with Gasteiger partial charge in [-0.05, 0) is 43.7 Å². The van der Waals surface area contributed by atoms with E-state index in [0.717, 1.165) is 5.56 Å². The van der Waals surface area contributed by atoms with E-state index in [4.69, 9.17) is 11.5 Å². The minimum atomic E-state index is -1.49. The van der Waals surface area contributed by atoms with Crippen LogP contribution < -0.4 is 27.4 Å². The lowest BCUT2D eigenvalue weighted by molar-refractivity contribution is -0.143. The summed E-state index contributed by atoms with van der Waals surface area (Å²) in [5, 5.41) is 26.1. The van der Waals surface area contributed by atoms with Crippen molar-refractivity contribution in [1.29, 1.82) is 0 Å². The number of aliphatic carboxylic acids is 2. The Hall–Kier alpha value is -3.51. The van der Waals surface area contributed by atoms with Gasteiger partial charge in [0.25, 0.3) is 0 Å². The zero-order chi connectivity index (χ0) is 28.0. The first-order valence-corrected chi connectivity index (χ1v) is 12.3. The van der Waals surface area contributed by atoms with E-state index in [-0.39, 0.29) is 12.8 Å². The van der Waals surface area contributed by atoms with Crippen LogP contribution in [0.15, 0.2) is 30.3 Å². The number of amides is 3. The van der Waals surface area contributed by atoms with E-state index in [1.165, 1.54) is 0 Å². The highest BCUT2D eigenvalue weighted by atomic mass is 16.4. The van der Waals surface area contributed by atoms with Gasteiger partial charge in [-0.2, -0.15) is 0 Å². The van der Waals surface area contributed by atoms with Gasteiger partial charge >= 0.3 is 11.9 Å². The number of carbonyl (C=O) groups excluding carboxylic acids is 3. The number of benzene rings is 1. The van der Waals surface area contributed by atoms with Crippen LogP contribution in [0.1, 0.15) is 51.5 Å². The first-order valence-electron chi connectivity index (χ1n) is 12.3. The normalized spacial score (nSPS) is 14.9. The summed E-state index contributed by atoms with van der Waals surface area (Å²) in [4.78, 5) is 61.6. The van der Waals surface area contributed by atoms with Gasteiger partial charge in [0, 0.05) is 0 Å². The Bertz CT molecular complexity index is 912. The molecule has 0 heterocycles. The lowest BCUT2D eigenvalue weighted by atomic mass is 9.97. The third-order valence-electron chi connectivity index (χ3n) is 6.00. The number of hydrogen-bond acceptors (Lipinski definition) is 7. The molecule has 206 valence electrons. The molecule has 0 spiro atoms. The van der Waals surface area contributed by atoms with Crippen molar-refractivity contribution in [3.8, 4) is 0 Å². The highest BCUT2D eigenvalue weighted by Crippen LogP contribution is 2.11. The van der Waals surface area contributed by atoms with Gasteiger partial charge in [0.2, 0.25) is 17.7 Å². The molecule has 9 N–H and O–H groups in total. The number of carboxylic acid groups (broad SMARTS) is 2. The molecule has 1 aromatic carbocycles. The molecule has 0 aromatic heterocycles. The Morgan fingerprint density at radius 2 is 1.51 bits per heavy atom. The zero-order valence-corrected chi connectivity index (χ0v) is 21.3. The van der Waals surface area contributed by atoms with E-state index in [0.29, 0.717) is 25.8 Å². The largest absolute Gasteiger partial charge is 0.481 e. The number of carboxylic acids is 2. The third-order valence-corrected chi connectivity index (χ3v) is 6.00. The molecule has 5 unspecified atom stereocenters. The van der Waals surface area contributed by atoms with Gasteiger partial charge in [-0.3, -0.25) is 19.2 Å². The molecule has 5 atom stereocenters. The lowest BCUT2D eigenvalue weighted by Crippen LogP contribution is -2.59. The van der Waals surface area contributed by atoms with Gasteiger partial charge < -0.3 is 37.6 Å². The predicted octanol–water partition coefficient (Wildman–Crippen LogP) is -0.255. The smallest absolute Gasteiger partial charge is 0.326 e. The van der Waals surface area contributed by atoms with Crippen LogP contribution in [-0.2, 0) is 30.4 Å². The molecule has 1 rings (SSSR count). The number of carbonyl (C=O) groups is 5. The molecule has 12 heteroatoms. The fourth-order valence-corrected chi connectivity index (χ4v) is 3.59. The molecule has 0 bridgehead atoms. The highest BCUT2D eigenvalue weighted by molar-refractivity contribution is 5.95. The Morgan fingerprint density at radius 1 is 0.892 bits per heavy atom. The number of hydrogen-bond donors (Lipinski definition) is 7. The van der Waals surface area contributed by atoms with Crippen LogP contribution in [0.5, 0.6) is 0 Å². The van der Waals surface area contributed by atoms with Gasteiger partial charge in [-0.15, -0.1) is 0 Å². The molecule has 0 saturated heterocycles. The first kappa shape index (κ1) is 31.5. The van der Waals surface area contributed by atoms with Crippen LogP contribution in [-0.4, -0.2) is 70.6 Å². The van der Waals surface area contributed by atoms with Crippen LogP contribution in [0.25, 0.3) is 0 Å². The van der Waals surface area contributed by atoms with E-state index in [2.05, 4.69) is 16.0 Å². The summed E-state index contributed by atoms with van der Waals surface area (Å²) in [6.45, 7) is 3.86. The summed E-state index contributed by atoms with van der Waals surface area (Å²) in [5.41, 5.74) is 12.2. The quantitative estimate of drug-likeness (QED) is 0.134. The van der Waals surface area contributed by atoms with Crippen molar-refractivity contribution in [1.82, 2.24) is 16.0 Å². The van der Waals surface area contributed by atoms with Crippen molar-refractivity contribution in [2.24, 2.45) is 17.4 Å². The first-order chi connectivity index (χ1) is 17.5. The standard InChI is InChI=1S/C25H39N5O7/c1-3-15(2)21(24(35)28-18(25(36)37)11-7-8-12-26)30-23(34)19(14-20(31)32)29-22(33)17(27)13-16-9-5-4-6-10-16/h4-6,9-10,15,17-19,21H,3,7-8,11-14,26-27H2,1-2H3,(H,28,35)(H,29,33)(H,30,34)(H,31,32)(H,36,37). The van der Waals surface area contributed by atoms with Crippen molar-refractivity contribution in [3.05, 3.63) is 35.9 Å². The molecule has 0 aliphatic heterocycles. The Morgan fingerprint density at radius 3 is 2.05 bits per heavy atom. The summed E-state index contributed by atoms with van der Waals surface area (Å²) >= 11 is 0. The van der Waals surface area contributed by atoms with Gasteiger partial charge in [0.15, 0.2) is 0 Å². The fourth-order valence-electron chi connectivity index (χ4n) is 3.59. The predicted molar refractivity (Wildman–Crippen MR) is 136 cm³/mol. The maximum Gasteiger partial charge on any atom is 0.326 e. The summed E-state index contributed by atoms with van der Waals surface area (Å²) in [5.74, 6) is -5.30. The van der Waals surface area contributed by atoms with Crippen molar-refractivity contribution in [2.45, 2.75) is 76.5 Å². The summed E-state index contributed by atoms with van der Waals surface area (Å²) < 4.78 is 0.